The number of carbonyl (C=O) groups excluding carboxylic acids is 1. The van der Waals surface area contributed by atoms with E-state index in [0.717, 1.165) is 5.56 Å². The number of rotatable bonds is 3. The molecule has 0 aliphatic heterocycles. The lowest BCUT2D eigenvalue weighted by molar-refractivity contribution is 0.0753. The van der Waals surface area contributed by atoms with Gasteiger partial charge in [-0.05, 0) is 23.7 Å². The Labute approximate surface area is 97.0 Å². The van der Waals surface area contributed by atoms with Crippen LogP contribution in [0.1, 0.15) is 16.1 Å². The molecule has 0 saturated heterocycles. The van der Waals surface area contributed by atoms with Crippen LogP contribution in [-0.4, -0.2) is 28.1 Å². The molecule has 2 rings (SSSR count). The van der Waals surface area contributed by atoms with Gasteiger partial charge >= 0.3 is 0 Å². The zero-order valence-electron chi connectivity index (χ0n) is 8.61. The van der Waals surface area contributed by atoms with Crippen LogP contribution in [-0.2, 0) is 6.54 Å². The van der Waals surface area contributed by atoms with Crippen LogP contribution in [0.5, 0.6) is 0 Å². The standard InChI is InChI=1S/C10H10ClN3O2/c1-14(6-7-4-12-13-5-7)10(15)8-2-3-9(11)16-8/h2-5H,6H2,1H3,(H,12,13). The van der Waals surface area contributed by atoms with Gasteiger partial charge < -0.3 is 9.32 Å². The Kier molecular flexibility index (Phi) is 2.96. The molecule has 0 aliphatic carbocycles. The van der Waals surface area contributed by atoms with Crippen molar-refractivity contribution in [3.05, 3.63) is 41.1 Å². The van der Waals surface area contributed by atoms with Crippen LogP contribution in [0.2, 0.25) is 5.22 Å². The molecule has 5 nitrogen and oxygen atoms in total. The van der Waals surface area contributed by atoms with Gasteiger partial charge in [0.15, 0.2) is 11.0 Å². The Bertz CT molecular complexity index is 478. The largest absolute Gasteiger partial charge is 0.440 e. The molecule has 2 aromatic rings. The third-order valence-corrected chi connectivity index (χ3v) is 2.31. The van der Waals surface area contributed by atoms with Gasteiger partial charge in [0.25, 0.3) is 5.91 Å². The van der Waals surface area contributed by atoms with Gasteiger partial charge in [-0.3, -0.25) is 9.89 Å². The van der Waals surface area contributed by atoms with E-state index < -0.39 is 0 Å². The minimum absolute atomic E-state index is 0.208. The first kappa shape index (κ1) is 10.8. The summed E-state index contributed by atoms with van der Waals surface area (Å²) in [5.74, 6) is 0.0177. The molecule has 0 saturated carbocycles. The molecule has 1 amide bonds. The van der Waals surface area contributed by atoms with E-state index in [1.54, 1.807) is 31.6 Å². The van der Waals surface area contributed by atoms with Crippen LogP contribution in [0.15, 0.2) is 28.9 Å². The Hall–Kier alpha value is -1.75. The van der Waals surface area contributed by atoms with Gasteiger partial charge in [-0.1, -0.05) is 0 Å². The first-order valence-corrected chi connectivity index (χ1v) is 5.03. The number of amides is 1. The summed E-state index contributed by atoms with van der Waals surface area (Å²) in [7, 11) is 1.69. The Morgan fingerprint density at radius 3 is 3.00 bits per heavy atom. The molecule has 0 radical (unpaired) electrons. The van der Waals surface area contributed by atoms with Crippen molar-refractivity contribution in [2.75, 3.05) is 7.05 Å². The molecular formula is C10H10ClN3O2. The molecule has 0 aliphatic rings. The second-order valence-electron chi connectivity index (χ2n) is 3.37. The van der Waals surface area contributed by atoms with Crippen LogP contribution in [0.3, 0.4) is 0 Å². The van der Waals surface area contributed by atoms with Gasteiger partial charge in [-0.15, -0.1) is 0 Å². The van der Waals surface area contributed by atoms with Gasteiger partial charge in [0.2, 0.25) is 0 Å². The maximum absolute atomic E-state index is 11.8. The van der Waals surface area contributed by atoms with Crippen LogP contribution in [0.4, 0.5) is 0 Å². The number of aromatic amines is 1. The molecule has 84 valence electrons. The summed E-state index contributed by atoms with van der Waals surface area (Å²) in [6, 6.07) is 3.09. The van der Waals surface area contributed by atoms with E-state index in [1.165, 1.54) is 4.90 Å². The molecule has 0 fully saturated rings. The minimum atomic E-state index is -0.215. The van der Waals surface area contributed by atoms with Gasteiger partial charge in [-0.2, -0.15) is 5.10 Å². The number of H-pyrrole nitrogens is 1. The highest BCUT2D eigenvalue weighted by Crippen LogP contribution is 2.15. The smallest absolute Gasteiger partial charge is 0.289 e. The Morgan fingerprint density at radius 1 is 1.62 bits per heavy atom. The number of halogens is 1. The fourth-order valence-corrected chi connectivity index (χ4v) is 1.47. The lowest BCUT2D eigenvalue weighted by Gasteiger charge is -2.14. The van der Waals surface area contributed by atoms with Crippen LogP contribution in [0, 0.1) is 0 Å². The highest BCUT2D eigenvalue weighted by molar-refractivity contribution is 6.29. The third kappa shape index (κ3) is 2.25. The first-order chi connectivity index (χ1) is 7.66. The molecule has 6 heteroatoms. The summed E-state index contributed by atoms with van der Waals surface area (Å²) in [5.41, 5.74) is 0.925. The van der Waals surface area contributed by atoms with E-state index >= 15 is 0 Å². The summed E-state index contributed by atoms with van der Waals surface area (Å²) in [6.07, 6.45) is 3.40. The molecule has 0 unspecified atom stereocenters. The zero-order valence-corrected chi connectivity index (χ0v) is 9.36. The van der Waals surface area contributed by atoms with Gasteiger partial charge in [0.1, 0.15) is 0 Å². The first-order valence-electron chi connectivity index (χ1n) is 4.65. The number of nitrogens with zero attached hydrogens (tertiary/aromatic N) is 2. The van der Waals surface area contributed by atoms with Gasteiger partial charge in [-0.25, -0.2) is 0 Å². The average Bonchev–Trinajstić information content (AvgIpc) is 2.88. The predicted octanol–water partition coefficient (Wildman–Crippen LogP) is 1.93. The number of aromatic nitrogens is 2. The topological polar surface area (TPSA) is 62.1 Å². The summed E-state index contributed by atoms with van der Waals surface area (Å²) in [5, 5.41) is 6.70. The normalized spacial score (nSPS) is 10.4. The summed E-state index contributed by atoms with van der Waals surface area (Å²) in [6.45, 7) is 0.466. The summed E-state index contributed by atoms with van der Waals surface area (Å²) >= 11 is 5.60. The van der Waals surface area contributed by atoms with E-state index in [4.69, 9.17) is 16.0 Å². The molecule has 0 spiro atoms. The van der Waals surface area contributed by atoms with E-state index in [0.29, 0.717) is 6.54 Å². The van der Waals surface area contributed by atoms with Crippen LogP contribution >= 0.6 is 11.6 Å². The molecule has 0 atom stereocenters. The van der Waals surface area contributed by atoms with Crippen molar-refractivity contribution in [3.63, 3.8) is 0 Å². The maximum atomic E-state index is 11.8. The second kappa shape index (κ2) is 4.40. The van der Waals surface area contributed by atoms with E-state index in [-0.39, 0.29) is 16.9 Å². The van der Waals surface area contributed by atoms with Crippen LogP contribution < -0.4 is 0 Å². The number of hydrogen-bond acceptors (Lipinski definition) is 3. The molecule has 0 aromatic carbocycles. The minimum Gasteiger partial charge on any atom is -0.440 e. The van der Waals surface area contributed by atoms with Crippen molar-refractivity contribution in [1.82, 2.24) is 15.1 Å². The molecule has 0 bridgehead atoms. The fraction of sp³-hybridized carbons (Fsp3) is 0.200. The predicted molar refractivity (Wildman–Crippen MR) is 58.1 cm³/mol. The van der Waals surface area contributed by atoms with Crippen molar-refractivity contribution in [1.29, 1.82) is 0 Å². The SMILES string of the molecule is CN(Cc1cn[nH]c1)C(=O)c1ccc(Cl)o1. The summed E-state index contributed by atoms with van der Waals surface area (Å²) < 4.78 is 5.04. The molecule has 1 N–H and O–H groups in total. The van der Waals surface area contributed by atoms with Crippen molar-refractivity contribution in [2.45, 2.75) is 6.54 Å². The zero-order chi connectivity index (χ0) is 11.5. The van der Waals surface area contributed by atoms with Gasteiger partial charge in [0.05, 0.1) is 6.20 Å². The number of carbonyl (C=O) groups is 1. The van der Waals surface area contributed by atoms with E-state index in [9.17, 15) is 4.79 Å². The fourth-order valence-electron chi connectivity index (χ4n) is 1.33. The van der Waals surface area contributed by atoms with Crippen LogP contribution in [0.25, 0.3) is 0 Å². The lowest BCUT2D eigenvalue weighted by atomic mass is 10.3. The molecule has 2 aromatic heterocycles. The van der Waals surface area contributed by atoms with E-state index in [1.807, 2.05) is 0 Å². The highest BCUT2D eigenvalue weighted by atomic mass is 35.5. The average molecular weight is 240 g/mol. The van der Waals surface area contributed by atoms with Crippen molar-refractivity contribution in [3.8, 4) is 0 Å². The second-order valence-corrected chi connectivity index (χ2v) is 3.74. The quantitative estimate of drug-likeness (QED) is 0.890. The Balaban J connectivity index is 2.05. The number of hydrogen-bond donors (Lipinski definition) is 1. The monoisotopic (exact) mass is 239 g/mol. The van der Waals surface area contributed by atoms with Crippen molar-refractivity contribution >= 4 is 17.5 Å². The molecule has 16 heavy (non-hydrogen) atoms. The van der Waals surface area contributed by atoms with Crippen molar-refractivity contribution in [2.24, 2.45) is 0 Å². The summed E-state index contributed by atoms with van der Waals surface area (Å²) in [4.78, 5) is 13.4. The number of nitrogens with one attached hydrogen (secondary N) is 1. The Morgan fingerprint density at radius 2 is 2.44 bits per heavy atom. The third-order valence-electron chi connectivity index (χ3n) is 2.11. The number of furan rings is 1. The maximum Gasteiger partial charge on any atom is 0.289 e. The lowest BCUT2D eigenvalue weighted by Crippen LogP contribution is -2.25. The molecule has 2 heterocycles. The molecular weight excluding hydrogens is 230 g/mol. The van der Waals surface area contributed by atoms with Crippen molar-refractivity contribution < 1.29 is 9.21 Å². The highest BCUT2D eigenvalue weighted by Gasteiger charge is 2.15. The van der Waals surface area contributed by atoms with E-state index in [2.05, 4.69) is 10.2 Å². The van der Waals surface area contributed by atoms with Gasteiger partial charge in [0, 0.05) is 25.4 Å².